The highest BCUT2D eigenvalue weighted by molar-refractivity contribution is 5.99. The molecule has 18 heavy (non-hydrogen) atoms. The van der Waals surface area contributed by atoms with Crippen molar-refractivity contribution >= 4 is 18.2 Å². The number of ether oxygens (including phenoxy) is 2. The lowest BCUT2D eigenvalue weighted by molar-refractivity contribution is -0.162. The molecule has 0 rings (SSSR count). The zero-order valence-corrected chi connectivity index (χ0v) is 12.2. The van der Waals surface area contributed by atoms with Crippen LogP contribution in [0.3, 0.4) is 0 Å². The van der Waals surface area contributed by atoms with Crippen molar-refractivity contribution in [3.8, 4) is 0 Å². The average Bonchev–Trinajstić information content (AvgIpc) is 2.25. The number of hydrogen-bond donors (Lipinski definition) is 0. The van der Waals surface area contributed by atoms with E-state index in [1.54, 1.807) is 20.1 Å². The van der Waals surface area contributed by atoms with Gasteiger partial charge < -0.3 is 9.47 Å². The van der Waals surface area contributed by atoms with Crippen molar-refractivity contribution in [3.05, 3.63) is 0 Å². The van der Waals surface area contributed by atoms with Gasteiger partial charge in [0.15, 0.2) is 5.92 Å². The van der Waals surface area contributed by atoms with Crippen molar-refractivity contribution in [1.29, 1.82) is 0 Å². The first kappa shape index (κ1) is 16.6. The number of aliphatic imine (C=N–C) groups is 1. The Morgan fingerprint density at radius 2 is 1.39 bits per heavy atom. The van der Waals surface area contributed by atoms with Crippen LogP contribution in [0.2, 0.25) is 0 Å². The minimum Gasteiger partial charge on any atom is -0.468 e. The zero-order chi connectivity index (χ0) is 14.6. The van der Waals surface area contributed by atoms with Crippen LogP contribution in [-0.2, 0) is 19.1 Å². The first-order valence-corrected chi connectivity index (χ1v) is 5.77. The molecule has 0 N–H and O–H groups in total. The quantitative estimate of drug-likeness (QED) is 0.438. The second kappa shape index (κ2) is 5.98. The molecule has 0 heterocycles. The summed E-state index contributed by atoms with van der Waals surface area (Å²) in [5.74, 6) is -2.25. The van der Waals surface area contributed by atoms with Gasteiger partial charge in [-0.2, -0.15) is 0 Å². The lowest BCUT2D eigenvalue weighted by Crippen LogP contribution is -2.40. The summed E-state index contributed by atoms with van der Waals surface area (Å²) in [6.07, 6.45) is 1.62. The average molecular weight is 257 g/mol. The highest BCUT2D eigenvalue weighted by Gasteiger charge is 2.42. The van der Waals surface area contributed by atoms with Crippen molar-refractivity contribution < 1.29 is 19.1 Å². The molecule has 0 aliphatic rings. The maximum Gasteiger partial charge on any atom is 0.320 e. The minimum absolute atomic E-state index is 0.270. The Bertz CT molecular complexity index is 323. The molecular weight excluding hydrogens is 234 g/mol. The number of carbonyl (C=O) groups excluding carboxylic acids is 2. The molecular formula is C13H23NO4. The topological polar surface area (TPSA) is 65.0 Å². The van der Waals surface area contributed by atoms with Gasteiger partial charge in [-0.3, -0.25) is 14.6 Å². The molecule has 0 unspecified atom stereocenters. The van der Waals surface area contributed by atoms with Crippen molar-refractivity contribution in [2.75, 3.05) is 14.2 Å². The Hall–Kier alpha value is -1.39. The van der Waals surface area contributed by atoms with Crippen LogP contribution in [0, 0.1) is 11.3 Å². The second-order valence-electron chi connectivity index (χ2n) is 5.73. The fourth-order valence-corrected chi connectivity index (χ4v) is 1.37. The van der Waals surface area contributed by atoms with Crippen LogP contribution in [0.5, 0.6) is 0 Å². The van der Waals surface area contributed by atoms with Crippen molar-refractivity contribution in [3.63, 3.8) is 0 Å². The van der Waals surface area contributed by atoms with Crippen LogP contribution in [0.4, 0.5) is 0 Å². The standard InChI is InChI=1S/C13H23NO4/c1-12(2,3)14-8-13(4,5)9(10(15)17-6)11(16)18-7/h8-9H,1-7H3. The zero-order valence-electron chi connectivity index (χ0n) is 12.2. The molecule has 0 radical (unpaired) electrons. The first-order valence-electron chi connectivity index (χ1n) is 5.77. The van der Waals surface area contributed by atoms with Gasteiger partial charge in [0.2, 0.25) is 0 Å². The van der Waals surface area contributed by atoms with Crippen LogP contribution in [-0.4, -0.2) is 37.9 Å². The maximum atomic E-state index is 11.7. The number of nitrogens with zero attached hydrogens (tertiary/aromatic N) is 1. The number of carbonyl (C=O) groups is 2. The number of rotatable bonds is 4. The molecule has 0 spiro atoms. The molecule has 0 saturated carbocycles. The van der Waals surface area contributed by atoms with E-state index in [2.05, 4.69) is 14.5 Å². The van der Waals surface area contributed by atoms with Crippen molar-refractivity contribution in [2.45, 2.75) is 40.2 Å². The third kappa shape index (κ3) is 4.85. The SMILES string of the molecule is COC(=O)C(C(=O)OC)C(C)(C)C=NC(C)(C)C. The molecule has 0 fully saturated rings. The van der Waals surface area contributed by atoms with Gasteiger partial charge in [-0.15, -0.1) is 0 Å². The molecule has 0 saturated heterocycles. The molecule has 0 amide bonds. The van der Waals surface area contributed by atoms with Gasteiger partial charge in [-0.1, -0.05) is 13.8 Å². The molecule has 0 aromatic rings. The molecule has 0 aliphatic heterocycles. The van der Waals surface area contributed by atoms with Crippen LogP contribution in [0.1, 0.15) is 34.6 Å². The van der Waals surface area contributed by atoms with Crippen LogP contribution in [0.15, 0.2) is 4.99 Å². The largest absolute Gasteiger partial charge is 0.468 e. The normalized spacial score (nSPS) is 12.9. The number of hydrogen-bond acceptors (Lipinski definition) is 5. The Balaban J connectivity index is 5.27. The van der Waals surface area contributed by atoms with E-state index in [0.29, 0.717) is 0 Å². The molecule has 5 nitrogen and oxygen atoms in total. The summed E-state index contributed by atoms with van der Waals surface area (Å²) in [7, 11) is 2.49. The predicted octanol–water partition coefficient (Wildman–Crippen LogP) is 1.84. The third-order valence-corrected chi connectivity index (χ3v) is 2.40. The smallest absolute Gasteiger partial charge is 0.320 e. The number of methoxy groups -OCH3 is 2. The summed E-state index contributed by atoms with van der Waals surface area (Å²) in [4.78, 5) is 27.7. The Morgan fingerprint density at radius 1 is 1.00 bits per heavy atom. The summed E-state index contributed by atoms with van der Waals surface area (Å²) in [5, 5.41) is 0. The van der Waals surface area contributed by atoms with Gasteiger partial charge in [-0.25, -0.2) is 0 Å². The summed E-state index contributed by atoms with van der Waals surface area (Å²) >= 11 is 0. The lowest BCUT2D eigenvalue weighted by atomic mass is 9.79. The summed E-state index contributed by atoms with van der Waals surface area (Å²) in [6, 6.07) is 0. The fourth-order valence-electron chi connectivity index (χ4n) is 1.37. The highest BCUT2D eigenvalue weighted by Crippen LogP contribution is 2.28. The highest BCUT2D eigenvalue weighted by atomic mass is 16.5. The lowest BCUT2D eigenvalue weighted by Gasteiger charge is -2.27. The Kier molecular flexibility index (Phi) is 5.52. The molecule has 104 valence electrons. The Morgan fingerprint density at radius 3 is 1.67 bits per heavy atom. The third-order valence-electron chi connectivity index (χ3n) is 2.40. The molecule has 0 aliphatic carbocycles. The van der Waals surface area contributed by atoms with Crippen LogP contribution >= 0.6 is 0 Å². The summed E-state index contributed by atoms with van der Waals surface area (Å²) in [5.41, 5.74) is -1.04. The van der Waals surface area contributed by atoms with Gasteiger partial charge in [0.05, 0.1) is 19.8 Å². The van der Waals surface area contributed by atoms with E-state index in [9.17, 15) is 9.59 Å². The molecule has 5 heteroatoms. The van der Waals surface area contributed by atoms with Crippen molar-refractivity contribution in [1.82, 2.24) is 0 Å². The molecule has 0 aromatic carbocycles. The number of esters is 2. The van der Waals surface area contributed by atoms with E-state index in [1.807, 2.05) is 20.8 Å². The summed E-state index contributed by atoms with van der Waals surface area (Å²) in [6.45, 7) is 9.31. The maximum absolute atomic E-state index is 11.7. The van der Waals surface area contributed by atoms with E-state index in [1.165, 1.54) is 14.2 Å². The van der Waals surface area contributed by atoms with Gasteiger partial charge in [0.25, 0.3) is 0 Å². The van der Waals surface area contributed by atoms with Gasteiger partial charge in [-0.05, 0) is 20.8 Å². The molecule has 0 aromatic heterocycles. The van der Waals surface area contributed by atoms with E-state index >= 15 is 0 Å². The van der Waals surface area contributed by atoms with E-state index in [0.717, 1.165) is 0 Å². The summed E-state index contributed by atoms with van der Waals surface area (Å²) < 4.78 is 9.30. The molecule has 0 atom stereocenters. The van der Waals surface area contributed by atoms with Crippen LogP contribution in [0.25, 0.3) is 0 Å². The van der Waals surface area contributed by atoms with Gasteiger partial charge in [0, 0.05) is 11.6 Å². The van der Waals surface area contributed by atoms with Gasteiger partial charge in [0.1, 0.15) is 0 Å². The van der Waals surface area contributed by atoms with Gasteiger partial charge >= 0.3 is 11.9 Å². The predicted molar refractivity (Wildman–Crippen MR) is 69.5 cm³/mol. The van der Waals surface area contributed by atoms with E-state index in [-0.39, 0.29) is 5.54 Å². The fraction of sp³-hybridized carbons (Fsp3) is 0.769. The first-order chi connectivity index (χ1) is 8.05. The second-order valence-corrected chi connectivity index (χ2v) is 5.73. The monoisotopic (exact) mass is 257 g/mol. The van der Waals surface area contributed by atoms with Crippen molar-refractivity contribution in [2.24, 2.45) is 16.3 Å². The Labute approximate surface area is 109 Å². The van der Waals surface area contributed by atoms with E-state index in [4.69, 9.17) is 0 Å². The minimum atomic E-state index is -1.02. The molecule has 0 bridgehead atoms. The van der Waals surface area contributed by atoms with Crippen LogP contribution < -0.4 is 0 Å². The van der Waals surface area contributed by atoms with E-state index < -0.39 is 23.3 Å².